The maximum atomic E-state index is 10.4. The number of halogens is 1. The summed E-state index contributed by atoms with van der Waals surface area (Å²) in [6.07, 6.45) is -1.39. The van der Waals surface area contributed by atoms with Crippen LogP contribution in [0.4, 0.5) is 0 Å². The van der Waals surface area contributed by atoms with Crippen molar-refractivity contribution in [2.24, 2.45) is 0 Å². The molecule has 0 aliphatic heterocycles. The van der Waals surface area contributed by atoms with Gasteiger partial charge in [-0.2, -0.15) is 11.3 Å². The van der Waals surface area contributed by atoms with Gasteiger partial charge in [0.25, 0.3) is 0 Å². The fourth-order valence-electron chi connectivity index (χ4n) is 0.739. The van der Waals surface area contributed by atoms with Gasteiger partial charge in [-0.15, -0.1) is 0 Å². The van der Waals surface area contributed by atoms with Crippen LogP contribution in [0.5, 0.6) is 0 Å². The van der Waals surface area contributed by atoms with Crippen molar-refractivity contribution in [3.63, 3.8) is 0 Å². The van der Waals surface area contributed by atoms with Gasteiger partial charge in [-0.3, -0.25) is 0 Å². The molecule has 0 fully saturated rings. The lowest BCUT2D eigenvalue weighted by atomic mass is 10.1. The Kier molecular flexibility index (Phi) is 3.25. The molecule has 66 valence electrons. The van der Waals surface area contributed by atoms with Crippen molar-refractivity contribution in [1.29, 1.82) is 0 Å². The summed E-state index contributed by atoms with van der Waals surface area (Å²) in [4.78, 5) is 9.83. The fraction of sp³-hybridized carbons (Fsp3) is 0.286. The molecule has 2 atom stereocenters. The molecule has 1 aromatic rings. The summed E-state index contributed by atoms with van der Waals surface area (Å²) >= 11 is 4.57. The van der Waals surface area contributed by atoms with Crippen LogP contribution in [0.2, 0.25) is 0 Å². The third-order valence-corrected chi connectivity index (χ3v) is 3.12. The highest BCUT2D eigenvalue weighted by Crippen LogP contribution is 2.28. The molecule has 1 aromatic heterocycles. The molecule has 0 amide bonds. The first-order valence-corrected chi connectivity index (χ1v) is 5.06. The van der Waals surface area contributed by atoms with Gasteiger partial charge in [0.2, 0.25) is 0 Å². The molecule has 12 heavy (non-hydrogen) atoms. The molecule has 5 heteroatoms. The topological polar surface area (TPSA) is 57.5 Å². The van der Waals surface area contributed by atoms with Gasteiger partial charge in [0.05, 0.1) is 4.83 Å². The lowest BCUT2D eigenvalue weighted by Crippen LogP contribution is -2.23. The summed E-state index contributed by atoms with van der Waals surface area (Å²) in [5.41, 5.74) is 0.787. The van der Waals surface area contributed by atoms with Crippen LogP contribution in [-0.2, 0) is 4.79 Å². The third-order valence-electron chi connectivity index (χ3n) is 1.39. The van der Waals surface area contributed by atoms with Gasteiger partial charge in [-0.25, -0.2) is 4.79 Å². The molecule has 0 saturated carbocycles. The van der Waals surface area contributed by atoms with E-state index in [1.807, 2.05) is 5.38 Å². The van der Waals surface area contributed by atoms with E-state index in [-0.39, 0.29) is 0 Å². The molecule has 3 nitrogen and oxygen atoms in total. The Bertz CT molecular complexity index is 260. The number of aliphatic hydroxyl groups excluding tert-OH is 1. The highest BCUT2D eigenvalue weighted by atomic mass is 79.9. The molecule has 1 heterocycles. The summed E-state index contributed by atoms with van der Waals surface area (Å²) in [5, 5.41) is 21.2. The van der Waals surface area contributed by atoms with E-state index in [0.29, 0.717) is 0 Å². The van der Waals surface area contributed by atoms with Crippen LogP contribution in [0.25, 0.3) is 0 Å². The van der Waals surface area contributed by atoms with Crippen LogP contribution in [0.1, 0.15) is 10.4 Å². The zero-order chi connectivity index (χ0) is 9.14. The monoisotopic (exact) mass is 250 g/mol. The van der Waals surface area contributed by atoms with Crippen molar-refractivity contribution in [3.05, 3.63) is 22.4 Å². The third kappa shape index (κ3) is 2.06. The number of rotatable bonds is 3. The highest BCUT2D eigenvalue weighted by Gasteiger charge is 2.24. The minimum atomic E-state index is -1.39. The van der Waals surface area contributed by atoms with E-state index in [4.69, 9.17) is 10.2 Å². The number of alkyl halides is 1. The lowest BCUT2D eigenvalue weighted by Gasteiger charge is -2.10. The standard InChI is InChI=1S/C7H7BrO3S/c8-5(6(9)7(10)11)4-1-2-12-3-4/h1-3,5-6,9H,(H,10,11). The summed E-state index contributed by atoms with van der Waals surface area (Å²) in [6.45, 7) is 0. The maximum absolute atomic E-state index is 10.4. The first-order chi connectivity index (χ1) is 5.63. The molecule has 2 unspecified atom stereocenters. The van der Waals surface area contributed by atoms with Gasteiger partial charge in [0.15, 0.2) is 6.10 Å². The number of aliphatic carboxylic acids is 1. The number of thiophene rings is 1. The van der Waals surface area contributed by atoms with Crippen molar-refractivity contribution in [2.45, 2.75) is 10.9 Å². The Morgan fingerprint density at radius 2 is 2.33 bits per heavy atom. The van der Waals surface area contributed by atoms with E-state index in [2.05, 4.69) is 15.9 Å². The predicted octanol–water partition coefficient (Wildman–Crippen LogP) is 1.63. The molecule has 0 aromatic carbocycles. The van der Waals surface area contributed by atoms with Crippen molar-refractivity contribution in [3.8, 4) is 0 Å². The number of aliphatic hydroxyl groups is 1. The zero-order valence-corrected chi connectivity index (χ0v) is 8.38. The molecule has 0 saturated heterocycles. The van der Waals surface area contributed by atoms with Gasteiger partial charge in [-0.1, -0.05) is 15.9 Å². The number of hydrogen-bond acceptors (Lipinski definition) is 3. The molecule has 0 radical (unpaired) electrons. The molecular formula is C7H7BrO3S. The minimum absolute atomic E-state index is 0.527. The number of carboxylic acids is 1. The Morgan fingerprint density at radius 1 is 1.67 bits per heavy atom. The van der Waals surface area contributed by atoms with Crippen LogP contribution in [0, 0.1) is 0 Å². The van der Waals surface area contributed by atoms with E-state index in [0.717, 1.165) is 5.56 Å². The van der Waals surface area contributed by atoms with Crippen LogP contribution >= 0.6 is 27.3 Å². The normalized spacial score (nSPS) is 15.5. The van der Waals surface area contributed by atoms with E-state index >= 15 is 0 Å². The zero-order valence-electron chi connectivity index (χ0n) is 5.98. The van der Waals surface area contributed by atoms with Crippen LogP contribution in [0.15, 0.2) is 16.8 Å². The van der Waals surface area contributed by atoms with Crippen molar-refractivity contribution >= 4 is 33.2 Å². The molecular weight excluding hydrogens is 244 g/mol. The predicted molar refractivity (Wildman–Crippen MR) is 49.6 cm³/mol. The van der Waals surface area contributed by atoms with Crippen molar-refractivity contribution in [1.82, 2.24) is 0 Å². The lowest BCUT2D eigenvalue weighted by molar-refractivity contribution is -0.146. The van der Waals surface area contributed by atoms with E-state index in [9.17, 15) is 4.79 Å². The van der Waals surface area contributed by atoms with Crippen LogP contribution in [-0.4, -0.2) is 22.3 Å². The summed E-state index contributed by atoms with van der Waals surface area (Å²) in [7, 11) is 0. The number of hydrogen-bond donors (Lipinski definition) is 2. The number of carbonyl (C=O) groups is 1. The molecule has 0 bridgehead atoms. The van der Waals surface area contributed by atoms with Gasteiger partial charge in [-0.05, 0) is 22.4 Å². The maximum Gasteiger partial charge on any atom is 0.334 e. The summed E-state index contributed by atoms with van der Waals surface area (Å²) < 4.78 is 0. The second-order valence-corrected chi connectivity index (χ2v) is 4.01. The largest absolute Gasteiger partial charge is 0.479 e. The average molecular weight is 251 g/mol. The van der Waals surface area contributed by atoms with Crippen LogP contribution in [0.3, 0.4) is 0 Å². The molecule has 0 aliphatic carbocycles. The summed E-state index contributed by atoms with van der Waals surface area (Å²) in [5.74, 6) is -1.22. The quantitative estimate of drug-likeness (QED) is 0.802. The average Bonchev–Trinajstić information content (AvgIpc) is 2.53. The molecule has 2 N–H and O–H groups in total. The van der Waals surface area contributed by atoms with Gasteiger partial charge >= 0.3 is 5.97 Å². The Balaban J connectivity index is 2.71. The smallest absolute Gasteiger partial charge is 0.334 e. The van der Waals surface area contributed by atoms with Gasteiger partial charge in [0, 0.05) is 0 Å². The molecule has 0 spiro atoms. The molecule has 1 rings (SSSR count). The van der Waals surface area contributed by atoms with E-state index in [1.165, 1.54) is 11.3 Å². The minimum Gasteiger partial charge on any atom is -0.479 e. The SMILES string of the molecule is O=C(O)C(O)C(Br)c1ccsc1. The first kappa shape index (κ1) is 9.70. The Hall–Kier alpha value is -0.390. The van der Waals surface area contributed by atoms with Crippen molar-refractivity contribution in [2.75, 3.05) is 0 Å². The number of carboxylic acid groups (broad SMARTS) is 1. The van der Waals surface area contributed by atoms with Crippen molar-refractivity contribution < 1.29 is 15.0 Å². The van der Waals surface area contributed by atoms with E-state index < -0.39 is 16.9 Å². The van der Waals surface area contributed by atoms with Crippen LogP contribution < -0.4 is 0 Å². The van der Waals surface area contributed by atoms with Gasteiger partial charge in [0.1, 0.15) is 0 Å². The second-order valence-electron chi connectivity index (χ2n) is 2.24. The van der Waals surface area contributed by atoms with Gasteiger partial charge < -0.3 is 10.2 Å². The second kappa shape index (κ2) is 4.02. The summed E-state index contributed by atoms with van der Waals surface area (Å²) in [6, 6.07) is 1.77. The van der Waals surface area contributed by atoms with E-state index in [1.54, 1.807) is 11.4 Å². The molecule has 0 aliphatic rings. The Labute approximate surface area is 81.8 Å². The highest BCUT2D eigenvalue weighted by molar-refractivity contribution is 9.09. The first-order valence-electron chi connectivity index (χ1n) is 3.20. The Morgan fingerprint density at radius 3 is 2.75 bits per heavy atom. The fourth-order valence-corrected chi connectivity index (χ4v) is 2.12.